The molecule has 0 radical (unpaired) electrons. The molecular formula is C12H10Cl2N2O3. The summed E-state index contributed by atoms with van der Waals surface area (Å²) in [7, 11) is 1.30. The molecule has 19 heavy (non-hydrogen) atoms. The van der Waals surface area contributed by atoms with Crippen molar-refractivity contribution in [2.45, 2.75) is 12.8 Å². The Morgan fingerprint density at radius 1 is 1.42 bits per heavy atom. The third-order valence-electron chi connectivity index (χ3n) is 2.40. The minimum Gasteiger partial charge on any atom is -0.469 e. The second-order valence-corrected chi connectivity index (χ2v) is 4.61. The summed E-state index contributed by atoms with van der Waals surface area (Å²) in [6, 6.07) is 5.17. The van der Waals surface area contributed by atoms with Crippen LogP contribution in [0.5, 0.6) is 0 Å². The Bertz CT molecular complexity index is 598. The number of hydrogen-bond acceptors (Lipinski definition) is 5. The lowest BCUT2D eigenvalue weighted by molar-refractivity contribution is -0.140. The van der Waals surface area contributed by atoms with Crippen LogP contribution in [0.2, 0.25) is 10.0 Å². The number of carbonyl (C=O) groups is 1. The van der Waals surface area contributed by atoms with Crippen molar-refractivity contribution in [2.75, 3.05) is 7.11 Å². The molecule has 0 aliphatic carbocycles. The first-order chi connectivity index (χ1) is 9.08. The van der Waals surface area contributed by atoms with Crippen LogP contribution in [-0.2, 0) is 22.4 Å². The van der Waals surface area contributed by atoms with Crippen LogP contribution in [0.3, 0.4) is 0 Å². The standard InChI is InChI=1S/C12H10Cl2N2O3/c1-18-12(17)6-11-15-10(16-19-11)4-7-2-3-8(13)5-9(7)14/h2-3,5H,4,6H2,1H3. The molecule has 0 atom stereocenters. The summed E-state index contributed by atoms with van der Waals surface area (Å²) in [6.07, 6.45) is 0.360. The zero-order valence-electron chi connectivity index (χ0n) is 10.0. The van der Waals surface area contributed by atoms with Crippen LogP contribution in [0.1, 0.15) is 17.3 Å². The number of rotatable bonds is 4. The van der Waals surface area contributed by atoms with E-state index in [2.05, 4.69) is 14.9 Å². The molecule has 0 saturated carbocycles. The highest BCUT2D eigenvalue weighted by Crippen LogP contribution is 2.22. The number of aromatic nitrogens is 2. The van der Waals surface area contributed by atoms with Gasteiger partial charge in [0.2, 0.25) is 5.89 Å². The Labute approximate surface area is 119 Å². The molecule has 0 fully saturated rings. The van der Waals surface area contributed by atoms with Crippen LogP contribution in [0, 0.1) is 0 Å². The van der Waals surface area contributed by atoms with Crippen LogP contribution >= 0.6 is 23.2 Å². The Hall–Kier alpha value is -1.59. The van der Waals surface area contributed by atoms with Gasteiger partial charge in [-0.25, -0.2) is 0 Å². The largest absolute Gasteiger partial charge is 0.469 e. The van der Waals surface area contributed by atoms with Gasteiger partial charge < -0.3 is 9.26 Å². The lowest BCUT2D eigenvalue weighted by Gasteiger charge is -2.00. The van der Waals surface area contributed by atoms with Gasteiger partial charge in [-0.05, 0) is 17.7 Å². The maximum absolute atomic E-state index is 11.1. The summed E-state index contributed by atoms with van der Waals surface area (Å²) in [5.74, 6) is 0.231. The van der Waals surface area contributed by atoms with E-state index in [-0.39, 0.29) is 12.3 Å². The van der Waals surface area contributed by atoms with E-state index in [0.29, 0.717) is 22.3 Å². The zero-order valence-corrected chi connectivity index (χ0v) is 11.5. The molecule has 0 bridgehead atoms. The van der Waals surface area contributed by atoms with Crippen molar-refractivity contribution < 1.29 is 14.1 Å². The first-order valence-electron chi connectivity index (χ1n) is 5.40. The highest BCUT2D eigenvalue weighted by atomic mass is 35.5. The summed E-state index contributed by atoms with van der Waals surface area (Å²) >= 11 is 11.9. The third kappa shape index (κ3) is 3.68. The molecule has 0 saturated heterocycles. The highest BCUT2D eigenvalue weighted by molar-refractivity contribution is 6.35. The molecule has 0 amide bonds. The molecule has 7 heteroatoms. The van der Waals surface area contributed by atoms with Crippen LogP contribution < -0.4 is 0 Å². The fourth-order valence-corrected chi connectivity index (χ4v) is 1.94. The lowest BCUT2D eigenvalue weighted by atomic mass is 10.1. The maximum atomic E-state index is 11.1. The van der Waals surface area contributed by atoms with Gasteiger partial charge in [0.15, 0.2) is 5.82 Å². The van der Waals surface area contributed by atoms with Gasteiger partial charge in [0.05, 0.1) is 7.11 Å². The first-order valence-corrected chi connectivity index (χ1v) is 6.16. The smallest absolute Gasteiger partial charge is 0.315 e. The average Bonchev–Trinajstić information content (AvgIpc) is 2.80. The molecule has 1 aromatic carbocycles. The van der Waals surface area contributed by atoms with Gasteiger partial charge in [-0.3, -0.25) is 4.79 Å². The summed E-state index contributed by atoms with van der Waals surface area (Å²) < 4.78 is 9.45. The number of hydrogen-bond donors (Lipinski definition) is 0. The number of nitrogens with zero attached hydrogens (tertiary/aromatic N) is 2. The van der Waals surface area contributed by atoms with Crippen molar-refractivity contribution in [3.05, 3.63) is 45.5 Å². The van der Waals surface area contributed by atoms with Crippen molar-refractivity contribution in [3.63, 3.8) is 0 Å². The number of halogens is 2. The number of carbonyl (C=O) groups excluding carboxylic acids is 1. The SMILES string of the molecule is COC(=O)Cc1nc(Cc2ccc(Cl)cc2Cl)no1. The number of ether oxygens (including phenoxy) is 1. The van der Waals surface area contributed by atoms with Gasteiger partial charge in [0, 0.05) is 16.5 Å². The molecule has 100 valence electrons. The average molecular weight is 301 g/mol. The van der Waals surface area contributed by atoms with E-state index >= 15 is 0 Å². The minimum absolute atomic E-state index is 0.0438. The van der Waals surface area contributed by atoms with Crippen LogP contribution in [0.4, 0.5) is 0 Å². The Balaban J connectivity index is 2.09. The number of esters is 1. The molecule has 0 unspecified atom stereocenters. The minimum atomic E-state index is -0.431. The molecule has 2 rings (SSSR count). The monoisotopic (exact) mass is 300 g/mol. The zero-order chi connectivity index (χ0) is 13.8. The second-order valence-electron chi connectivity index (χ2n) is 3.77. The number of benzene rings is 1. The molecule has 0 spiro atoms. The van der Waals surface area contributed by atoms with Gasteiger partial charge in [-0.1, -0.05) is 34.4 Å². The van der Waals surface area contributed by atoms with Crippen LogP contribution in [0.25, 0.3) is 0 Å². The van der Waals surface area contributed by atoms with Crippen molar-refractivity contribution in [1.82, 2.24) is 10.1 Å². The molecule has 0 N–H and O–H groups in total. The predicted octanol–water partition coefficient (Wildman–Crippen LogP) is 2.68. The van der Waals surface area contributed by atoms with Gasteiger partial charge in [-0.2, -0.15) is 4.98 Å². The van der Waals surface area contributed by atoms with E-state index in [4.69, 9.17) is 27.7 Å². The van der Waals surface area contributed by atoms with Gasteiger partial charge in [-0.15, -0.1) is 0 Å². The predicted molar refractivity (Wildman–Crippen MR) is 69.3 cm³/mol. The van der Waals surface area contributed by atoms with Crippen molar-refractivity contribution >= 4 is 29.2 Å². The molecule has 1 aromatic heterocycles. The number of methoxy groups -OCH3 is 1. The first kappa shape index (κ1) is 13.8. The van der Waals surface area contributed by atoms with E-state index < -0.39 is 5.97 Å². The molecule has 0 aliphatic rings. The Morgan fingerprint density at radius 2 is 2.21 bits per heavy atom. The van der Waals surface area contributed by atoms with Crippen LogP contribution in [-0.4, -0.2) is 23.2 Å². The van der Waals surface area contributed by atoms with Gasteiger partial charge in [0.1, 0.15) is 6.42 Å². The van der Waals surface area contributed by atoms with E-state index in [9.17, 15) is 4.79 Å². The van der Waals surface area contributed by atoms with Gasteiger partial charge in [0.25, 0.3) is 0 Å². The quantitative estimate of drug-likeness (QED) is 0.812. The summed E-state index contributed by atoms with van der Waals surface area (Å²) in [5, 5.41) is 4.87. The molecule has 0 aliphatic heterocycles. The van der Waals surface area contributed by atoms with Crippen molar-refractivity contribution in [2.24, 2.45) is 0 Å². The Kier molecular flexibility index (Phi) is 4.39. The molecule has 2 aromatic rings. The van der Waals surface area contributed by atoms with E-state index in [0.717, 1.165) is 5.56 Å². The Morgan fingerprint density at radius 3 is 2.89 bits per heavy atom. The highest BCUT2D eigenvalue weighted by Gasteiger charge is 2.12. The maximum Gasteiger partial charge on any atom is 0.315 e. The van der Waals surface area contributed by atoms with Crippen molar-refractivity contribution in [1.29, 1.82) is 0 Å². The second kappa shape index (κ2) is 6.04. The lowest BCUT2D eigenvalue weighted by Crippen LogP contribution is -2.04. The fourth-order valence-electron chi connectivity index (χ4n) is 1.46. The van der Waals surface area contributed by atoms with E-state index in [1.54, 1.807) is 18.2 Å². The third-order valence-corrected chi connectivity index (χ3v) is 2.98. The van der Waals surface area contributed by atoms with E-state index in [1.807, 2.05) is 0 Å². The summed E-state index contributed by atoms with van der Waals surface area (Å²) in [6.45, 7) is 0. The van der Waals surface area contributed by atoms with Crippen molar-refractivity contribution in [3.8, 4) is 0 Å². The van der Waals surface area contributed by atoms with Gasteiger partial charge >= 0.3 is 5.97 Å². The molecule has 1 heterocycles. The topological polar surface area (TPSA) is 65.2 Å². The molecule has 5 nitrogen and oxygen atoms in total. The van der Waals surface area contributed by atoms with Crippen LogP contribution in [0.15, 0.2) is 22.7 Å². The summed E-state index contributed by atoms with van der Waals surface area (Å²) in [5.41, 5.74) is 0.830. The fraction of sp³-hybridized carbons (Fsp3) is 0.250. The normalized spacial score (nSPS) is 10.5. The molecular weight excluding hydrogens is 291 g/mol. The van der Waals surface area contributed by atoms with E-state index in [1.165, 1.54) is 7.11 Å². The summed E-state index contributed by atoms with van der Waals surface area (Å²) in [4.78, 5) is 15.1.